The van der Waals surface area contributed by atoms with E-state index < -0.39 is 0 Å². The Labute approximate surface area is 131 Å². The molecule has 0 saturated carbocycles. The standard InChI is InChI=1S/C18H24N2O2/c1-6-16(15-9-7-14(8-10-15)11(2)3)19-18(21)17-12(4)20-22-13(17)5/h7-11,16H,6H2,1-5H3,(H,19,21)/t16-/m1/s1. The third kappa shape index (κ3) is 3.38. The quantitative estimate of drug-likeness (QED) is 0.896. The Morgan fingerprint density at radius 3 is 2.23 bits per heavy atom. The maximum absolute atomic E-state index is 12.5. The molecule has 0 aliphatic heterocycles. The van der Waals surface area contributed by atoms with Crippen LogP contribution in [-0.2, 0) is 0 Å². The van der Waals surface area contributed by atoms with Crippen molar-refractivity contribution in [2.45, 2.75) is 53.0 Å². The van der Waals surface area contributed by atoms with Gasteiger partial charge in [0.25, 0.3) is 5.91 Å². The largest absolute Gasteiger partial charge is 0.361 e. The molecule has 1 aromatic carbocycles. The molecule has 0 radical (unpaired) electrons. The Kier molecular flexibility index (Phi) is 5.01. The van der Waals surface area contributed by atoms with Crippen LogP contribution in [0.5, 0.6) is 0 Å². The summed E-state index contributed by atoms with van der Waals surface area (Å²) in [5.41, 5.74) is 3.58. The molecule has 2 aromatic rings. The number of aromatic nitrogens is 1. The van der Waals surface area contributed by atoms with Crippen molar-refractivity contribution in [1.29, 1.82) is 0 Å². The van der Waals surface area contributed by atoms with Crippen LogP contribution in [0.3, 0.4) is 0 Å². The zero-order valence-corrected chi connectivity index (χ0v) is 13.9. The predicted molar refractivity (Wildman–Crippen MR) is 87.0 cm³/mol. The first-order chi connectivity index (χ1) is 10.4. The lowest BCUT2D eigenvalue weighted by atomic mass is 9.98. The molecule has 0 bridgehead atoms. The number of hydrogen-bond acceptors (Lipinski definition) is 3. The molecular formula is C18H24N2O2. The van der Waals surface area contributed by atoms with Gasteiger partial charge in [-0.2, -0.15) is 0 Å². The van der Waals surface area contributed by atoms with Gasteiger partial charge in [0.05, 0.1) is 11.7 Å². The molecule has 0 aliphatic carbocycles. The number of nitrogens with one attached hydrogen (secondary N) is 1. The summed E-state index contributed by atoms with van der Waals surface area (Å²) in [5, 5.41) is 6.92. The summed E-state index contributed by atoms with van der Waals surface area (Å²) in [7, 11) is 0. The Bertz CT molecular complexity index is 622. The summed E-state index contributed by atoms with van der Waals surface area (Å²) < 4.78 is 5.07. The molecule has 0 fully saturated rings. The second kappa shape index (κ2) is 6.77. The summed E-state index contributed by atoms with van der Waals surface area (Å²) in [6, 6.07) is 8.44. The fraction of sp³-hybridized carbons (Fsp3) is 0.444. The van der Waals surface area contributed by atoms with Crippen LogP contribution in [0.15, 0.2) is 28.8 Å². The minimum absolute atomic E-state index is 0.0117. The zero-order valence-electron chi connectivity index (χ0n) is 13.9. The van der Waals surface area contributed by atoms with Gasteiger partial charge in [0.1, 0.15) is 11.3 Å². The maximum atomic E-state index is 12.5. The van der Waals surface area contributed by atoms with Gasteiger partial charge < -0.3 is 9.84 Å². The molecular weight excluding hydrogens is 276 g/mol. The first-order valence-corrected chi connectivity index (χ1v) is 7.77. The van der Waals surface area contributed by atoms with Crippen LogP contribution in [0.25, 0.3) is 0 Å². The van der Waals surface area contributed by atoms with Crippen LogP contribution in [0, 0.1) is 13.8 Å². The van der Waals surface area contributed by atoms with Gasteiger partial charge in [-0.25, -0.2) is 0 Å². The van der Waals surface area contributed by atoms with E-state index in [1.165, 1.54) is 5.56 Å². The molecule has 0 saturated heterocycles. The average molecular weight is 300 g/mol. The van der Waals surface area contributed by atoms with Gasteiger partial charge in [-0.1, -0.05) is 50.2 Å². The number of aryl methyl sites for hydroxylation is 2. The van der Waals surface area contributed by atoms with E-state index in [9.17, 15) is 4.79 Å². The second-order valence-electron chi connectivity index (χ2n) is 5.95. The van der Waals surface area contributed by atoms with Crippen molar-refractivity contribution in [2.75, 3.05) is 0 Å². The van der Waals surface area contributed by atoms with E-state index in [-0.39, 0.29) is 11.9 Å². The molecule has 0 aliphatic rings. The lowest BCUT2D eigenvalue weighted by molar-refractivity contribution is 0.0933. The number of amides is 1. The highest BCUT2D eigenvalue weighted by Crippen LogP contribution is 2.22. The van der Waals surface area contributed by atoms with E-state index in [0.29, 0.717) is 22.9 Å². The smallest absolute Gasteiger partial charge is 0.257 e. The summed E-state index contributed by atoms with van der Waals surface area (Å²) in [5.74, 6) is 0.932. The number of hydrogen-bond donors (Lipinski definition) is 1. The van der Waals surface area contributed by atoms with Crippen LogP contribution in [0.2, 0.25) is 0 Å². The van der Waals surface area contributed by atoms with Crippen LogP contribution >= 0.6 is 0 Å². The Hall–Kier alpha value is -2.10. The van der Waals surface area contributed by atoms with Crippen molar-refractivity contribution >= 4 is 5.91 Å². The highest BCUT2D eigenvalue weighted by atomic mass is 16.5. The Morgan fingerprint density at radius 1 is 1.18 bits per heavy atom. The number of carbonyl (C=O) groups excluding carboxylic acids is 1. The molecule has 1 aromatic heterocycles. The van der Waals surface area contributed by atoms with Crippen LogP contribution in [0.4, 0.5) is 0 Å². The fourth-order valence-corrected chi connectivity index (χ4v) is 2.57. The first kappa shape index (κ1) is 16.3. The molecule has 1 atom stereocenters. The molecule has 1 heterocycles. The molecule has 118 valence electrons. The van der Waals surface area contributed by atoms with Gasteiger partial charge in [-0.3, -0.25) is 4.79 Å². The number of rotatable bonds is 5. The van der Waals surface area contributed by atoms with Crippen molar-refractivity contribution < 1.29 is 9.32 Å². The van der Waals surface area contributed by atoms with Gasteiger partial charge in [0, 0.05) is 0 Å². The summed E-state index contributed by atoms with van der Waals surface area (Å²) in [6.45, 7) is 9.95. The van der Waals surface area contributed by atoms with Crippen molar-refractivity contribution in [3.63, 3.8) is 0 Å². The van der Waals surface area contributed by atoms with Gasteiger partial charge in [-0.15, -0.1) is 0 Å². The van der Waals surface area contributed by atoms with Crippen LogP contribution in [0.1, 0.15) is 72.1 Å². The highest BCUT2D eigenvalue weighted by molar-refractivity contribution is 5.96. The van der Waals surface area contributed by atoms with Crippen molar-refractivity contribution in [3.05, 3.63) is 52.4 Å². The number of benzene rings is 1. The lowest BCUT2D eigenvalue weighted by Crippen LogP contribution is -2.28. The van der Waals surface area contributed by atoms with E-state index in [4.69, 9.17) is 4.52 Å². The van der Waals surface area contributed by atoms with Gasteiger partial charge in [-0.05, 0) is 37.3 Å². The third-order valence-electron chi connectivity index (χ3n) is 3.98. The third-order valence-corrected chi connectivity index (χ3v) is 3.98. The molecule has 2 rings (SSSR count). The molecule has 4 nitrogen and oxygen atoms in total. The predicted octanol–water partition coefficient (Wildman–Crippen LogP) is 4.30. The van der Waals surface area contributed by atoms with E-state index >= 15 is 0 Å². The molecule has 0 spiro atoms. The van der Waals surface area contributed by atoms with Crippen LogP contribution in [-0.4, -0.2) is 11.1 Å². The summed E-state index contributed by atoms with van der Waals surface area (Å²) in [6.07, 6.45) is 0.830. The fourth-order valence-electron chi connectivity index (χ4n) is 2.57. The summed E-state index contributed by atoms with van der Waals surface area (Å²) >= 11 is 0. The molecule has 1 N–H and O–H groups in total. The SMILES string of the molecule is CC[C@@H](NC(=O)c1c(C)noc1C)c1ccc(C(C)C)cc1. The molecule has 0 unspecified atom stereocenters. The normalized spacial score (nSPS) is 12.5. The van der Waals surface area contributed by atoms with E-state index in [2.05, 4.69) is 55.5 Å². The topological polar surface area (TPSA) is 55.1 Å². The molecule has 4 heteroatoms. The van der Waals surface area contributed by atoms with Gasteiger partial charge in [0.15, 0.2) is 0 Å². The lowest BCUT2D eigenvalue weighted by Gasteiger charge is -2.18. The van der Waals surface area contributed by atoms with Crippen molar-refractivity contribution in [2.24, 2.45) is 0 Å². The van der Waals surface area contributed by atoms with Crippen LogP contribution < -0.4 is 5.32 Å². The van der Waals surface area contributed by atoms with Crippen molar-refractivity contribution in [1.82, 2.24) is 10.5 Å². The summed E-state index contributed by atoms with van der Waals surface area (Å²) in [4.78, 5) is 12.5. The van der Waals surface area contributed by atoms with E-state index in [0.717, 1.165) is 12.0 Å². The minimum Gasteiger partial charge on any atom is -0.361 e. The number of nitrogens with zero attached hydrogens (tertiary/aromatic N) is 1. The second-order valence-corrected chi connectivity index (χ2v) is 5.95. The zero-order chi connectivity index (χ0) is 16.3. The van der Waals surface area contributed by atoms with Gasteiger partial charge in [0.2, 0.25) is 0 Å². The van der Waals surface area contributed by atoms with Crippen molar-refractivity contribution in [3.8, 4) is 0 Å². The molecule has 1 amide bonds. The first-order valence-electron chi connectivity index (χ1n) is 7.77. The average Bonchev–Trinajstić information content (AvgIpc) is 2.84. The monoisotopic (exact) mass is 300 g/mol. The Balaban J connectivity index is 2.17. The molecule has 22 heavy (non-hydrogen) atoms. The Morgan fingerprint density at radius 2 is 1.77 bits per heavy atom. The maximum Gasteiger partial charge on any atom is 0.257 e. The minimum atomic E-state index is -0.129. The van der Waals surface area contributed by atoms with E-state index in [1.807, 2.05) is 0 Å². The highest BCUT2D eigenvalue weighted by Gasteiger charge is 2.20. The van der Waals surface area contributed by atoms with E-state index in [1.54, 1.807) is 13.8 Å². The number of carbonyl (C=O) groups is 1. The van der Waals surface area contributed by atoms with Gasteiger partial charge >= 0.3 is 0 Å².